The first-order valence-electron chi connectivity index (χ1n) is 11.3. The summed E-state index contributed by atoms with van der Waals surface area (Å²) in [6.45, 7) is 1.60. The Kier molecular flexibility index (Phi) is 4.71. The average molecular weight is 463 g/mol. The molecule has 2 saturated heterocycles. The van der Waals surface area contributed by atoms with E-state index >= 15 is 0 Å². The molecule has 2 N–H and O–H groups in total. The summed E-state index contributed by atoms with van der Waals surface area (Å²) in [5.41, 5.74) is 0.763. The summed E-state index contributed by atoms with van der Waals surface area (Å²) >= 11 is 0. The van der Waals surface area contributed by atoms with Crippen LogP contribution in [0.3, 0.4) is 0 Å². The lowest BCUT2D eigenvalue weighted by Gasteiger charge is -2.43. The molecule has 3 aliphatic heterocycles. The Hall–Kier alpha value is -3.70. The minimum absolute atomic E-state index is 0.0412. The van der Waals surface area contributed by atoms with Crippen molar-refractivity contribution in [2.45, 2.75) is 25.3 Å². The van der Waals surface area contributed by atoms with Gasteiger partial charge in [-0.05, 0) is 36.6 Å². The number of anilines is 2. The number of nitrogens with zero attached hydrogens (tertiary/aromatic N) is 5. The maximum absolute atomic E-state index is 13.4. The van der Waals surface area contributed by atoms with Crippen LogP contribution in [-0.4, -0.2) is 56.3 Å². The molecular formula is C23H23N6O5-. The standard InChI is InChI=1S/C23H23N6O5/c30-20-8-15(12-28(20)21-16-3-1-2-4-17(16)24-25-21)22(31)26-9-13-7-14(11-26)18-5-6-19(29(33)34)23(32)27(18)10-13/h1-6,13-15,33H,7-12H2,(H,24,25)/q-1/t13-,14?,15?/m0/s1. The first kappa shape index (κ1) is 20.9. The number of likely N-dealkylation sites (tertiary alicyclic amines) is 1. The summed E-state index contributed by atoms with van der Waals surface area (Å²) in [4.78, 5) is 42.3. The van der Waals surface area contributed by atoms with Gasteiger partial charge in [0.2, 0.25) is 11.8 Å². The van der Waals surface area contributed by atoms with Crippen LogP contribution in [0.1, 0.15) is 24.5 Å². The molecule has 1 aromatic carbocycles. The predicted molar refractivity (Wildman–Crippen MR) is 122 cm³/mol. The summed E-state index contributed by atoms with van der Waals surface area (Å²) < 4.78 is 1.54. The first-order chi connectivity index (χ1) is 16.4. The lowest BCUT2D eigenvalue weighted by atomic mass is 9.82. The summed E-state index contributed by atoms with van der Waals surface area (Å²) in [5.74, 6) is -0.0604. The van der Waals surface area contributed by atoms with E-state index in [9.17, 15) is 24.8 Å². The number of H-pyrrole nitrogens is 1. The Balaban J connectivity index is 1.22. The maximum atomic E-state index is 13.4. The third kappa shape index (κ3) is 3.19. The zero-order valence-electron chi connectivity index (χ0n) is 18.3. The predicted octanol–water partition coefficient (Wildman–Crippen LogP) is 1.42. The van der Waals surface area contributed by atoms with Gasteiger partial charge in [0.15, 0.2) is 5.82 Å². The molecule has 2 amide bonds. The fraction of sp³-hybridized carbons (Fsp3) is 0.391. The number of aromatic amines is 1. The van der Waals surface area contributed by atoms with Gasteiger partial charge in [0.25, 0.3) is 5.56 Å². The van der Waals surface area contributed by atoms with Gasteiger partial charge in [-0.3, -0.25) is 29.6 Å². The number of rotatable bonds is 3. The number of hydrogen-bond acceptors (Lipinski definition) is 7. The van der Waals surface area contributed by atoms with Gasteiger partial charge in [0.05, 0.1) is 11.4 Å². The minimum Gasteiger partial charge on any atom is -0.733 e. The number of pyridine rings is 1. The molecule has 11 nitrogen and oxygen atoms in total. The third-order valence-electron chi connectivity index (χ3n) is 7.28. The van der Waals surface area contributed by atoms with Gasteiger partial charge in [-0.1, -0.05) is 12.1 Å². The quantitative estimate of drug-likeness (QED) is 0.560. The highest BCUT2D eigenvalue weighted by Crippen LogP contribution is 2.37. The Morgan fingerprint density at radius 1 is 1.12 bits per heavy atom. The van der Waals surface area contributed by atoms with E-state index in [4.69, 9.17) is 0 Å². The summed E-state index contributed by atoms with van der Waals surface area (Å²) in [5, 5.41) is 28.1. The van der Waals surface area contributed by atoms with E-state index in [1.807, 2.05) is 29.2 Å². The van der Waals surface area contributed by atoms with Crippen LogP contribution in [0.15, 0.2) is 41.2 Å². The van der Waals surface area contributed by atoms with Crippen molar-refractivity contribution in [1.29, 1.82) is 0 Å². The molecule has 34 heavy (non-hydrogen) atoms. The number of carbonyl (C=O) groups excluding carboxylic acids is 2. The highest BCUT2D eigenvalue weighted by atomic mass is 16.8. The van der Waals surface area contributed by atoms with Gasteiger partial charge in [-0.25, -0.2) is 0 Å². The number of fused-ring (bicyclic) bond motifs is 5. The summed E-state index contributed by atoms with van der Waals surface area (Å²) in [6, 6.07) is 10.6. The van der Waals surface area contributed by atoms with E-state index in [2.05, 4.69) is 10.2 Å². The van der Waals surface area contributed by atoms with Crippen molar-refractivity contribution in [3.63, 3.8) is 0 Å². The van der Waals surface area contributed by atoms with Crippen molar-refractivity contribution >= 4 is 34.2 Å². The molecule has 176 valence electrons. The molecule has 11 heteroatoms. The van der Waals surface area contributed by atoms with Gasteiger partial charge in [-0.2, -0.15) is 5.10 Å². The van der Waals surface area contributed by atoms with Crippen LogP contribution in [0.4, 0.5) is 11.5 Å². The SMILES string of the molecule is O=C(C1CC(=O)N(c2n[nH]c3ccccc23)C1)N1CC2C[C@@H](C1)Cn1c2ccc(N([O-])O)c1=O. The molecule has 0 saturated carbocycles. The Bertz CT molecular complexity index is 1360. The monoisotopic (exact) mass is 463 g/mol. The van der Waals surface area contributed by atoms with Crippen LogP contribution in [0.25, 0.3) is 10.9 Å². The molecule has 0 radical (unpaired) electrons. The number of benzene rings is 1. The molecule has 0 aliphatic carbocycles. The number of piperidine rings is 1. The largest absolute Gasteiger partial charge is 0.733 e. The van der Waals surface area contributed by atoms with Crippen molar-refractivity contribution < 1.29 is 14.8 Å². The second-order valence-corrected chi connectivity index (χ2v) is 9.37. The molecule has 3 aliphatic rings. The van der Waals surface area contributed by atoms with Crippen molar-refractivity contribution in [1.82, 2.24) is 19.7 Å². The molecule has 2 fully saturated rings. The zero-order chi connectivity index (χ0) is 23.6. The lowest BCUT2D eigenvalue weighted by molar-refractivity contribution is -0.138. The molecule has 2 aromatic heterocycles. The number of para-hydroxylation sites is 1. The zero-order valence-corrected chi connectivity index (χ0v) is 18.3. The van der Waals surface area contributed by atoms with Crippen molar-refractivity contribution in [3.8, 4) is 0 Å². The number of nitrogens with one attached hydrogen (secondary N) is 1. The maximum Gasteiger partial charge on any atom is 0.275 e. The fourth-order valence-corrected chi connectivity index (χ4v) is 5.75. The molecule has 2 bridgehead atoms. The van der Waals surface area contributed by atoms with Gasteiger partial charge in [-0.15, -0.1) is 0 Å². The van der Waals surface area contributed by atoms with Gasteiger partial charge >= 0.3 is 0 Å². The second kappa shape index (κ2) is 7.67. The summed E-state index contributed by atoms with van der Waals surface area (Å²) in [7, 11) is 0. The van der Waals surface area contributed by atoms with Crippen LogP contribution < -0.4 is 15.7 Å². The van der Waals surface area contributed by atoms with Crippen molar-refractivity contribution in [2.75, 3.05) is 29.8 Å². The molecule has 3 atom stereocenters. The van der Waals surface area contributed by atoms with Crippen LogP contribution in [-0.2, 0) is 16.1 Å². The topological polar surface area (TPSA) is 138 Å². The number of carbonyl (C=O) groups is 2. The van der Waals surface area contributed by atoms with Crippen LogP contribution in [0.2, 0.25) is 0 Å². The van der Waals surface area contributed by atoms with E-state index in [1.54, 1.807) is 15.5 Å². The van der Waals surface area contributed by atoms with Gasteiger partial charge < -0.3 is 19.9 Å². The fourth-order valence-electron chi connectivity index (χ4n) is 5.75. The van der Waals surface area contributed by atoms with E-state index in [1.165, 1.54) is 6.07 Å². The molecule has 6 rings (SSSR count). The number of amides is 2. The molecule has 3 aromatic rings. The number of hydrogen-bond donors (Lipinski definition) is 2. The smallest absolute Gasteiger partial charge is 0.275 e. The van der Waals surface area contributed by atoms with E-state index in [0.29, 0.717) is 25.5 Å². The first-order valence-corrected chi connectivity index (χ1v) is 11.3. The second-order valence-electron chi connectivity index (χ2n) is 9.37. The minimum atomic E-state index is -0.521. The van der Waals surface area contributed by atoms with Crippen molar-refractivity contribution in [2.24, 2.45) is 11.8 Å². The van der Waals surface area contributed by atoms with Crippen LogP contribution >= 0.6 is 0 Å². The average Bonchev–Trinajstić information content (AvgIpc) is 3.42. The number of aromatic nitrogens is 3. The lowest BCUT2D eigenvalue weighted by Crippen LogP contribution is -2.51. The van der Waals surface area contributed by atoms with Gasteiger partial charge in [0.1, 0.15) is 5.69 Å². The third-order valence-corrected chi connectivity index (χ3v) is 7.28. The van der Waals surface area contributed by atoms with Crippen LogP contribution in [0.5, 0.6) is 0 Å². The molecular weight excluding hydrogens is 440 g/mol. The Labute approximate surface area is 193 Å². The van der Waals surface area contributed by atoms with Crippen LogP contribution in [0, 0.1) is 17.0 Å². The highest BCUT2D eigenvalue weighted by Gasteiger charge is 2.42. The van der Waals surface area contributed by atoms with Gasteiger partial charge in [0, 0.05) is 49.6 Å². The van der Waals surface area contributed by atoms with E-state index < -0.39 is 16.7 Å². The van der Waals surface area contributed by atoms with E-state index in [-0.39, 0.29) is 42.3 Å². The van der Waals surface area contributed by atoms with E-state index in [0.717, 1.165) is 23.0 Å². The Morgan fingerprint density at radius 3 is 2.76 bits per heavy atom. The normalized spacial score (nSPS) is 23.9. The van der Waals surface area contributed by atoms with Crippen molar-refractivity contribution in [3.05, 3.63) is 57.7 Å². The molecule has 5 heterocycles. The summed E-state index contributed by atoms with van der Waals surface area (Å²) in [6.07, 6.45) is 0.985. The Morgan fingerprint density at radius 2 is 1.94 bits per heavy atom. The molecule has 2 unspecified atom stereocenters. The highest BCUT2D eigenvalue weighted by molar-refractivity contribution is 6.05. The molecule has 0 spiro atoms.